The van der Waals surface area contributed by atoms with Crippen LogP contribution < -0.4 is 10.2 Å². The van der Waals surface area contributed by atoms with Crippen LogP contribution >= 0.6 is 0 Å². The molecule has 0 unspecified atom stereocenters. The van der Waals surface area contributed by atoms with Gasteiger partial charge in [0, 0.05) is 37.7 Å². The van der Waals surface area contributed by atoms with Crippen molar-refractivity contribution in [2.75, 3.05) is 30.4 Å². The van der Waals surface area contributed by atoms with E-state index in [1.807, 2.05) is 13.0 Å². The summed E-state index contributed by atoms with van der Waals surface area (Å²) in [5, 5.41) is 12.0. The second-order valence-corrected chi connectivity index (χ2v) is 6.96. The molecular weight excluding hydrogens is 383 g/mol. The van der Waals surface area contributed by atoms with Crippen LogP contribution in [0.1, 0.15) is 23.2 Å². The summed E-state index contributed by atoms with van der Waals surface area (Å²) in [6.07, 6.45) is -0.891. The molecule has 1 aromatic carbocycles. The molecule has 0 bridgehead atoms. The minimum absolute atomic E-state index is 0.00107. The van der Waals surface area contributed by atoms with Gasteiger partial charge in [-0.15, -0.1) is 5.10 Å². The van der Waals surface area contributed by atoms with E-state index < -0.39 is 17.8 Å². The summed E-state index contributed by atoms with van der Waals surface area (Å²) >= 11 is 0. The molecule has 4 rings (SSSR count). The van der Waals surface area contributed by atoms with Crippen LogP contribution in [0.5, 0.6) is 0 Å². The van der Waals surface area contributed by atoms with Crippen molar-refractivity contribution >= 4 is 22.4 Å². The Morgan fingerprint density at radius 2 is 2.07 bits per heavy atom. The molecular formula is C20H20F3N5O. The predicted molar refractivity (Wildman–Crippen MR) is 104 cm³/mol. The van der Waals surface area contributed by atoms with Gasteiger partial charge in [0.2, 0.25) is 0 Å². The molecule has 9 heteroatoms. The van der Waals surface area contributed by atoms with Gasteiger partial charge in [0.15, 0.2) is 5.82 Å². The van der Waals surface area contributed by atoms with Crippen LogP contribution in [-0.2, 0) is 11.3 Å². The fraction of sp³-hybridized carbons (Fsp3) is 0.350. The Hall–Kier alpha value is -2.94. The minimum atomic E-state index is -2.87. The van der Waals surface area contributed by atoms with Crippen LogP contribution in [0.2, 0.25) is 0 Å². The molecule has 6 nitrogen and oxygen atoms in total. The molecule has 1 N–H and O–H groups in total. The second kappa shape index (κ2) is 7.82. The Kier molecular flexibility index (Phi) is 5.23. The first-order chi connectivity index (χ1) is 14.0. The fourth-order valence-electron chi connectivity index (χ4n) is 3.33. The lowest BCUT2D eigenvalue weighted by atomic mass is 10.1. The van der Waals surface area contributed by atoms with Crippen molar-refractivity contribution in [1.82, 2.24) is 15.2 Å². The second-order valence-electron chi connectivity index (χ2n) is 6.96. The molecule has 1 aliphatic rings. The van der Waals surface area contributed by atoms with Crippen LogP contribution in [-0.4, -0.2) is 41.5 Å². The number of fused-ring (bicyclic) bond motifs is 1. The first kappa shape index (κ1) is 19.4. The summed E-state index contributed by atoms with van der Waals surface area (Å²) in [6, 6.07) is 5.91. The van der Waals surface area contributed by atoms with Crippen LogP contribution in [0.15, 0.2) is 30.5 Å². The molecule has 152 valence electrons. The first-order valence-corrected chi connectivity index (χ1v) is 9.18. The number of benzene rings is 1. The smallest absolute Gasteiger partial charge is 0.266 e. The summed E-state index contributed by atoms with van der Waals surface area (Å²) in [4.78, 5) is 6.64. The van der Waals surface area contributed by atoms with Crippen molar-refractivity contribution in [1.29, 1.82) is 0 Å². The maximum absolute atomic E-state index is 14.3. The Labute approximate surface area is 165 Å². The molecule has 0 spiro atoms. The topological polar surface area (TPSA) is 63.2 Å². The molecule has 0 amide bonds. The van der Waals surface area contributed by atoms with E-state index in [0.717, 1.165) is 30.2 Å². The van der Waals surface area contributed by atoms with Gasteiger partial charge >= 0.3 is 0 Å². The third-order valence-electron chi connectivity index (χ3n) is 5.11. The third-order valence-corrected chi connectivity index (χ3v) is 5.11. The lowest BCUT2D eigenvalue weighted by Crippen LogP contribution is -2.51. The van der Waals surface area contributed by atoms with Gasteiger partial charge in [0.05, 0.1) is 34.8 Å². The van der Waals surface area contributed by atoms with Gasteiger partial charge in [-0.2, -0.15) is 5.10 Å². The number of hydrogen-bond donors (Lipinski definition) is 1. The van der Waals surface area contributed by atoms with Gasteiger partial charge in [-0.1, -0.05) is 18.2 Å². The number of aryl methyl sites for hydroxylation is 1. The fourth-order valence-corrected chi connectivity index (χ4v) is 3.33. The maximum Gasteiger partial charge on any atom is 0.266 e. The van der Waals surface area contributed by atoms with Crippen molar-refractivity contribution in [3.05, 3.63) is 53.1 Å². The van der Waals surface area contributed by atoms with E-state index in [1.54, 1.807) is 13.3 Å². The van der Waals surface area contributed by atoms with Crippen LogP contribution in [0.3, 0.4) is 0 Å². The van der Waals surface area contributed by atoms with Crippen LogP contribution in [0.4, 0.5) is 24.7 Å². The molecule has 3 heterocycles. The summed E-state index contributed by atoms with van der Waals surface area (Å²) in [6.45, 7) is 3.35. The lowest BCUT2D eigenvalue weighted by molar-refractivity contribution is 0.0787. The molecule has 0 radical (unpaired) electrons. The van der Waals surface area contributed by atoms with Crippen molar-refractivity contribution in [3.63, 3.8) is 0 Å². The number of aromatic nitrogens is 3. The van der Waals surface area contributed by atoms with Gasteiger partial charge in [0.1, 0.15) is 5.82 Å². The Bertz CT molecular complexity index is 1040. The number of anilines is 2. The van der Waals surface area contributed by atoms with Gasteiger partial charge < -0.3 is 15.0 Å². The molecule has 1 fully saturated rings. The van der Waals surface area contributed by atoms with Gasteiger partial charge in [-0.25, -0.2) is 13.2 Å². The average Bonchev–Trinajstić information content (AvgIpc) is 2.67. The molecule has 0 aliphatic carbocycles. The normalized spacial score (nSPS) is 14.5. The summed E-state index contributed by atoms with van der Waals surface area (Å²) in [5.74, 6) is -0.491. The zero-order valence-electron chi connectivity index (χ0n) is 16.0. The quantitative estimate of drug-likeness (QED) is 0.675. The number of alkyl halides is 2. The van der Waals surface area contributed by atoms with E-state index in [4.69, 9.17) is 4.74 Å². The van der Waals surface area contributed by atoms with Crippen molar-refractivity contribution in [2.45, 2.75) is 26.0 Å². The number of pyridine rings is 1. The first-order valence-electron chi connectivity index (χ1n) is 9.18. The third kappa shape index (κ3) is 3.69. The molecule has 0 saturated carbocycles. The molecule has 3 aromatic rings. The number of rotatable bonds is 6. The number of ether oxygens (including phenoxy) is 1. The Balaban J connectivity index is 1.62. The lowest BCUT2D eigenvalue weighted by Gasteiger charge is -2.39. The standard InChI is InChI=1S/C20H20F3N5O/c1-11-18-16(6-13(8-24-18)28-9-14(10-28)29-2)20(27-26-11)25-7-12-4-3-5-15(17(12)21)19(22)23/h3-6,8,14,19H,7,9-10H2,1-2H3,(H,25,27). The van der Waals surface area contributed by atoms with E-state index in [9.17, 15) is 13.2 Å². The predicted octanol–water partition coefficient (Wildman–Crippen LogP) is 3.86. The molecule has 29 heavy (non-hydrogen) atoms. The summed E-state index contributed by atoms with van der Waals surface area (Å²) in [7, 11) is 1.68. The zero-order chi connectivity index (χ0) is 20.5. The van der Waals surface area contributed by atoms with E-state index >= 15 is 0 Å². The van der Waals surface area contributed by atoms with Crippen molar-refractivity contribution < 1.29 is 17.9 Å². The average molecular weight is 403 g/mol. The largest absolute Gasteiger partial charge is 0.378 e. The number of halogens is 3. The van der Waals surface area contributed by atoms with Gasteiger partial charge in [-0.3, -0.25) is 4.98 Å². The van der Waals surface area contributed by atoms with E-state index in [2.05, 4.69) is 25.4 Å². The van der Waals surface area contributed by atoms with Gasteiger partial charge in [0.25, 0.3) is 6.43 Å². The Morgan fingerprint density at radius 3 is 2.79 bits per heavy atom. The number of hydrogen-bond acceptors (Lipinski definition) is 6. The highest BCUT2D eigenvalue weighted by Crippen LogP contribution is 2.29. The molecule has 0 atom stereocenters. The van der Waals surface area contributed by atoms with Crippen molar-refractivity contribution in [2.24, 2.45) is 0 Å². The summed E-state index contributed by atoms with van der Waals surface area (Å²) in [5.41, 5.74) is 1.79. The highest BCUT2D eigenvalue weighted by Gasteiger charge is 2.27. The highest BCUT2D eigenvalue weighted by atomic mass is 19.3. The number of nitrogens with one attached hydrogen (secondary N) is 1. The molecule has 1 aliphatic heterocycles. The molecule has 2 aromatic heterocycles. The molecule has 1 saturated heterocycles. The summed E-state index contributed by atoms with van der Waals surface area (Å²) < 4.78 is 45.5. The number of methoxy groups -OCH3 is 1. The van der Waals surface area contributed by atoms with E-state index in [0.29, 0.717) is 17.0 Å². The number of nitrogens with zero attached hydrogens (tertiary/aromatic N) is 4. The SMILES string of the molecule is COC1CN(c2cnc3c(C)nnc(NCc4cccc(C(F)F)c4F)c3c2)C1. The minimum Gasteiger partial charge on any atom is -0.378 e. The zero-order valence-corrected chi connectivity index (χ0v) is 16.0. The van der Waals surface area contributed by atoms with E-state index in [1.165, 1.54) is 12.1 Å². The maximum atomic E-state index is 14.3. The highest BCUT2D eigenvalue weighted by molar-refractivity contribution is 5.92. The Morgan fingerprint density at radius 1 is 1.28 bits per heavy atom. The van der Waals surface area contributed by atoms with Crippen molar-refractivity contribution in [3.8, 4) is 0 Å². The van der Waals surface area contributed by atoms with Crippen LogP contribution in [0, 0.1) is 12.7 Å². The van der Waals surface area contributed by atoms with Gasteiger partial charge in [-0.05, 0) is 13.0 Å². The monoisotopic (exact) mass is 403 g/mol. The van der Waals surface area contributed by atoms with E-state index in [-0.39, 0.29) is 18.2 Å². The van der Waals surface area contributed by atoms with Crippen LogP contribution in [0.25, 0.3) is 10.9 Å².